The van der Waals surface area contributed by atoms with E-state index >= 15 is 0 Å². The van der Waals surface area contributed by atoms with Gasteiger partial charge >= 0.3 is 0 Å². The van der Waals surface area contributed by atoms with Gasteiger partial charge in [0.1, 0.15) is 0 Å². The number of hydrogen-bond acceptors (Lipinski definition) is 2. The molecule has 4 heteroatoms. The van der Waals surface area contributed by atoms with E-state index in [-0.39, 0.29) is 18.1 Å². The van der Waals surface area contributed by atoms with Gasteiger partial charge in [0.25, 0.3) is 0 Å². The average molecular weight is 308 g/mol. The minimum atomic E-state index is -0.202. The van der Waals surface area contributed by atoms with E-state index in [1.165, 1.54) is 0 Å². The monoisotopic (exact) mass is 307 g/mol. The Morgan fingerprint density at radius 2 is 2.10 bits per heavy atom. The maximum atomic E-state index is 12.1. The highest BCUT2D eigenvalue weighted by Gasteiger charge is 2.20. The molecule has 0 bridgehead atoms. The van der Waals surface area contributed by atoms with Gasteiger partial charge in [-0.25, -0.2) is 0 Å². The van der Waals surface area contributed by atoms with Crippen molar-refractivity contribution in [3.8, 4) is 0 Å². The van der Waals surface area contributed by atoms with Crippen molar-refractivity contribution in [2.45, 2.75) is 51.2 Å². The van der Waals surface area contributed by atoms with Crippen LogP contribution in [0.3, 0.4) is 0 Å². The molecule has 1 fully saturated rings. The summed E-state index contributed by atoms with van der Waals surface area (Å²) in [4.78, 5) is 12.1. The molecule has 1 aliphatic rings. The van der Waals surface area contributed by atoms with Crippen molar-refractivity contribution in [1.29, 1.82) is 0 Å². The first kappa shape index (κ1) is 16.1. The smallest absolute Gasteiger partial charge is 0.244 e. The Bertz CT molecular complexity index is 519. The summed E-state index contributed by atoms with van der Waals surface area (Å²) in [6.07, 6.45) is 5.46. The van der Waals surface area contributed by atoms with E-state index in [0.717, 1.165) is 43.2 Å². The molecule has 21 heavy (non-hydrogen) atoms. The first-order valence-electron chi connectivity index (χ1n) is 7.53. The van der Waals surface area contributed by atoms with Gasteiger partial charge in [0.15, 0.2) is 0 Å². The van der Waals surface area contributed by atoms with Crippen LogP contribution in [0.2, 0.25) is 5.02 Å². The number of rotatable bonds is 4. The van der Waals surface area contributed by atoms with Crippen molar-refractivity contribution in [2.24, 2.45) is 0 Å². The summed E-state index contributed by atoms with van der Waals surface area (Å²) in [5.41, 5.74) is 1.96. The number of aliphatic hydroxyl groups is 1. The Hall–Kier alpha value is -1.32. The second-order valence-corrected chi connectivity index (χ2v) is 5.98. The normalized spacial score (nSPS) is 22.9. The van der Waals surface area contributed by atoms with Gasteiger partial charge in [0, 0.05) is 17.1 Å². The fourth-order valence-corrected chi connectivity index (χ4v) is 2.89. The van der Waals surface area contributed by atoms with E-state index in [1.807, 2.05) is 31.2 Å². The zero-order chi connectivity index (χ0) is 15.2. The molecule has 3 nitrogen and oxygen atoms in total. The van der Waals surface area contributed by atoms with E-state index in [4.69, 9.17) is 11.6 Å². The van der Waals surface area contributed by atoms with Crippen LogP contribution in [-0.4, -0.2) is 23.2 Å². The maximum absolute atomic E-state index is 12.1. The third-order valence-electron chi connectivity index (χ3n) is 3.92. The number of benzene rings is 1. The van der Waals surface area contributed by atoms with Crippen LogP contribution in [0.5, 0.6) is 0 Å². The van der Waals surface area contributed by atoms with Crippen LogP contribution < -0.4 is 5.32 Å². The Kier molecular flexibility index (Phi) is 5.83. The quantitative estimate of drug-likeness (QED) is 0.836. The molecule has 114 valence electrons. The van der Waals surface area contributed by atoms with Gasteiger partial charge in [-0.15, -0.1) is 0 Å². The number of amides is 1. The number of halogens is 1. The maximum Gasteiger partial charge on any atom is 0.244 e. The summed E-state index contributed by atoms with van der Waals surface area (Å²) in [6, 6.07) is 7.73. The number of aliphatic hydroxyl groups excluding tert-OH is 1. The number of hydrogen-bond donors (Lipinski definition) is 2. The zero-order valence-electron chi connectivity index (χ0n) is 12.3. The molecule has 1 saturated carbocycles. The molecule has 0 saturated heterocycles. The van der Waals surface area contributed by atoms with Gasteiger partial charge in [-0.2, -0.15) is 0 Å². The highest BCUT2D eigenvalue weighted by atomic mass is 35.5. The molecule has 0 heterocycles. The molecular formula is C17H22ClNO2. The van der Waals surface area contributed by atoms with E-state index in [0.29, 0.717) is 5.02 Å². The first-order chi connectivity index (χ1) is 10.1. The SMILES string of the molecule is CCC(=CC(=O)NC1CCC(O)CC1)c1cccc(Cl)c1. The fourth-order valence-electron chi connectivity index (χ4n) is 2.70. The minimum absolute atomic E-state index is 0.0618. The first-order valence-corrected chi connectivity index (χ1v) is 7.91. The van der Waals surface area contributed by atoms with Crippen molar-refractivity contribution >= 4 is 23.1 Å². The van der Waals surface area contributed by atoms with Gasteiger partial charge < -0.3 is 10.4 Å². The van der Waals surface area contributed by atoms with Gasteiger partial charge in [-0.1, -0.05) is 30.7 Å². The summed E-state index contributed by atoms with van der Waals surface area (Å²) in [6.45, 7) is 2.02. The minimum Gasteiger partial charge on any atom is -0.393 e. The summed E-state index contributed by atoms with van der Waals surface area (Å²) in [5.74, 6) is -0.0618. The highest BCUT2D eigenvalue weighted by molar-refractivity contribution is 6.30. The van der Waals surface area contributed by atoms with Crippen LogP contribution >= 0.6 is 11.6 Å². The van der Waals surface area contributed by atoms with Gasteiger partial charge in [-0.3, -0.25) is 4.79 Å². The predicted molar refractivity (Wildman–Crippen MR) is 86.1 cm³/mol. The Balaban J connectivity index is 2.00. The van der Waals surface area contributed by atoms with Crippen molar-refractivity contribution in [2.75, 3.05) is 0 Å². The van der Waals surface area contributed by atoms with Gasteiger partial charge in [0.2, 0.25) is 5.91 Å². The van der Waals surface area contributed by atoms with Gasteiger partial charge in [-0.05, 0) is 55.4 Å². The van der Waals surface area contributed by atoms with Crippen LogP contribution in [-0.2, 0) is 4.79 Å². The third kappa shape index (κ3) is 4.87. The molecule has 0 aliphatic heterocycles. The molecular weight excluding hydrogens is 286 g/mol. The topological polar surface area (TPSA) is 49.3 Å². The van der Waals surface area contributed by atoms with E-state index in [1.54, 1.807) is 6.08 Å². The molecule has 0 aromatic heterocycles. The largest absolute Gasteiger partial charge is 0.393 e. The van der Waals surface area contributed by atoms with E-state index < -0.39 is 0 Å². The number of carbonyl (C=O) groups excluding carboxylic acids is 1. The molecule has 2 rings (SSSR count). The molecule has 1 amide bonds. The van der Waals surface area contributed by atoms with Crippen LogP contribution in [0.15, 0.2) is 30.3 Å². The van der Waals surface area contributed by atoms with E-state index in [9.17, 15) is 9.90 Å². The summed E-state index contributed by atoms with van der Waals surface area (Å²) in [5, 5.41) is 13.2. The lowest BCUT2D eigenvalue weighted by molar-refractivity contribution is -0.117. The van der Waals surface area contributed by atoms with Crippen LogP contribution in [0.25, 0.3) is 5.57 Å². The zero-order valence-corrected chi connectivity index (χ0v) is 13.1. The molecule has 0 atom stereocenters. The van der Waals surface area contributed by atoms with Crippen LogP contribution in [0.1, 0.15) is 44.6 Å². The lowest BCUT2D eigenvalue weighted by atomic mass is 9.93. The molecule has 0 spiro atoms. The van der Waals surface area contributed by atoms with Crippen LogP contribution in [0, 0.1) is 0 Å². The Labute approximate surface area is 131 Å². The average Bonchev–Trinajstić information content (AvgIpc) is 2.47. The molecule has 0 radical (unpaired) electrons. The number of carbonyl (C=O) groups is 1. The van der Waals surface area contributed by atoms with Crippen molar-refractivity contribution in [1.82, 2.24) is 5.32 Å². The molecule has 1 aliphatic carbocycles. The fraction of sp³-hybridized carbons (Fsp3) is 0.471. The van der Waals surface area contributed by atoms with Crippen molar-refractivity contribution in [3.63, 3.8) is 0 Å². The highest BCUT2D eigenvalue weighted by Crippen LogP contribution is 2.22. The second-order valence-electron chi connectivity index (χ2n) is 5.55. The standard InChI is InChI=1S/C17H22ClNO2/c1-2-12(13-4-3-5-14(18)10-13)11-17(21)19-15-6-8-16(20)9-7-15/h3-5,10-11,15-16,20H,2,6-9H2,1H3,(H,19,21). The second kappa shape index (κ2) is 7.62. The van der Waals surface area contributed by atoms with E-state index in [2.05, 4.69) is 5.32 Å². The number of nitrogens with one attached hydrogen (secondary N) is 1. The lowest BCUT2D eigenvalue weighted by Crippen LogP contribution is -2.37. The molecule has 0 unspecified atom stereocenters. The third-order valence-corrected chi connectivity index (χ3v) is 4.16. The summed E-state index contributed by atoms with van der Waals surface area (Å²) >= 11 is 6.00. The summed E-state index contributed by atoms with van der Waals surface area (Å²) in [7, 11) is 0. The molecule has 1 aromatic carbocycles. The van der Waals surface area contributed by atoms with Crippen molar-refractivity contribution in [3.05, 3.63) is 40.9 Å². The van der Waals surface area contributed by atoms with Crippen molar-refractivity contribution < 1.29 is 9.90 Å². The van der Waals surface area contributed by atoms with Gasteiger partial charge in [0.05, 0.1) is 6.10 Å². The Morgan fingerprint density at radius 1 is 1.38 bits per heavy atom. The molecule has 1 aromatic rings. The van der Waals surface area contributed by atoms with Crippen LogP contribution in [0.4, 0.5) is 0 Å². The predicted octanol–water partition coefficient (Wildman–Crippen LogP) is 3.55. The number of allylic oxidation sites excluding steroid dienone is 1. The Morgan fingerprint density at radius 3 is 2.71 bits per heavy atom. The molecule has 2 N–H and O–H groups in total. The summed E-state index contributed by atoms with van der Waals surface area (Å²) < 4.78 is 0. The lowest BCUT2D eigenvalue weighted by Gasteiger charge is -2.25.